The van der Waals surface area contributed by atoms with Gasteiger partial charge in [0.15, 0.2) is 0 Å². The van der Waals surface area contributed by atoms with Crippen molar-refractivity contribution in [2.24, 2.45) is 5.41 Å². The topological polar surface area (TPSA) is 62.7 Å². The van der Waals surface area contributed by atoms with E-state index in [-0.39, 0.29) is 24.0 Å². The van der Waals surface area contributed by atoms with E-state index in [2.05, 4.69) is 18.8 Å². The van der Waals surface area contributed by atoms with Gasteiger partial charge in [-0.15, -0.1) is 0 Å². The van der Waals surface area contributed by atoms with Crippen molar-refractivity contribution in [2.45, 2.75) is 52.6 Å². The van der Waals surface area contributed by atoms with Gasteiger partial charge in [0.1, 0.15) is 0 Å². The first-order valence-corrected chi connectivity index (χ1v) is 8.56. The number of nitrogens with zero attached hydrogens (tertiary/aromatic N) is 2. The Morgan fingerprint density at radius 2 is 2.13 bits per heavy atom. The van der Waals surface area contributed by atoms with E-state index in [1.165, 1.54) is 0 Å². The summed E-state index contributed by atoms with van der Waals surface area (Å²) in [6.45, 7) is 7.73. The Hall–Kier alpha value is -1.62. The molecule has 5 nitrogen and oxygen atoms in total. The second-order valence-electron chi connectivity index (χ2n) is 6.52. The molecule has 1 saturated heterocycles. The SMILES string of the molecule is CCC(C)Oc1cc(C(=O)N2CCC(CC)(CO)CC2)ccn1. The van der Waals surface area contributed by atoms with Gasteiger partial charge in [0.25, 0.3) is 5.91 Å². The molecule has 23 heavy (non-hydrogen) atoms. The number of aliphatic hydroxyl groups excluding tert-OH is 1. The van der Waals surface area contributed by atoms with Crippen molar-refractivity contribution in [3.8, 4) is 5.88 Å². The number of likely N-dealkylation sites (tertiary alicyclic amines) is 1. The van der Waals surface area contributed by atoms with Gasteiger partial charge >= 0.3 is 0 Å². The Bertz CT molecular complexity index is 519. The molecule has 0 bridgehead atoms. The minimum atomic E-state index is -0.0140. The largest absolute Gasteiger partial charge is 0.475 e. The molecule has 1 aromatic rings. The number of carbonyl (C=O) groups is 1. The van der Waals surface area contributed by atoms with Crippen LogP contribution in [0.3, 0.4) is 0 Å². The van der Waals surface area contributed by atoms with E-state index in [1.807, 2.05) is 11.8 Å². The van der Waals surface area contributed by atoms with Gasteiger partial charge in [0.2, 0.25) is 5.88 Å². The summed E-state index contributed by atoms with van der Waals surface area (Å²) in [5, 5.41) is 9.60. The number of carbonyl (C=O) groups excluding carboxylic acids is 1. The van der Waals surface area contributed by atoms with Crippen molar-refractivity contribution in [2.75, 3.05) is 19.7 Å². The Balaban J connectivity index is 2.03. The Labute approximate surface area is 138 Å². The first kappa shape index (κ1) is 17.7. The Kier molecular flexibility index (Phi) is 5.99. The molecule has 2 rings (SSSR count). The first-order valence-electron chi connectivity index (χ1n) is 8.56. The lowest BCUT2D eigenvalue weighted by molar-refractivity contribution is 0.0337. The molecule has 0 saturated carbocycles. The standard InChI is InChI=1S/C18H28N2O3/c1-4-14(3)23-16-12-15(6-9-19-16)17(22)20-10-7-18(5-2,13-21)8-11-20/h6,9,12,14,21H,4-5,7-8,10-11,13H2,1-3H3. The molecule has 1 atom stereocenters. The molecule has 0 spiro atoms. The smallest absolute Gasteiger partial charge is 0.254 e. The van der Waals surface area contributed by atoms with Crippen LogP contribution in [0, 0.1) is 5.41 Å². The van der Waals surface area contributed by atoms with Crippen LogP contribution >= 0.6 is 0 Å². The van der Waals surface area contributed by atoms with E-state index in [1.54, 1.807) is 18.3 Å². The molecular weight excluding hydrogens is 292 g/mol. The lowest BCUT2D eigenvalue weighted by Crippen LogP contribution is -2.44. The van der Waals surface area contributed by atoms with E-state index in [0.29, 0.717) is 24.5 Å². The van der Waals surface area contributed by atoms with E-state index in [9.17, 15) is 9.90 Å². The normalized spacial score (nSPS) is 18.5. The number of aromatic nitrogens is 1. The number of amides is 1. The fourth-order valence-corrected chi connectivity index (χ4v) is 2.89. The third kappa shape index (κ3) is 4.22. The van der Waals surface area contributed by atoms with Crippen LogP contribution in [0.4, 0.5) is 0 Å². The molecule has 1 N–H and O–H groups in total. The van der Waals surface area contributed by atoms with Gasteiger partial charge in [-0.3, -0.25) is 4.79 Å². The fraction of sp³-hybridized carbons (Fsp3) is 0.667. The van der Waals surface area contributed by atoms with Crippen LogP contribution in [0.1, 0.15) is 56.8 Å². The summed E-state index contributed by atoms with van der Waals surface area (Å²) in [5.41, 5.74) is 0.603. The minimum absolute atomic E-state index is 0.0140. The van der Waals surface area contributed by atoms with Gasteiger partial charge in [-0.1, -0.05) is 13.8 Å². The Morgan fingerprint density at radius 1 is 1.43 bits per heavy atom. The third-order valence-corrected chi connectivity index (χ3v) is 5.08. The van der Waals surface area contributed by atoms with Gasteiger partial charge in [-0.25, -0.2) is 4.98 Å². The summed E-state index contributed by atoms with van der Waals surface area (Å²) in [4.78, 5) is 18.7. The maximum absolute atomic E-state index is 12.7. The van der Waals surface area contributed by atoms with Crippen LogP contribution in [0.2, 0.25) is 0 Å². The zero-order valence-electron chi connectivity index (χ0n) is 14.4. The maximum atomic E-state index is 12.7. The van der Waals surface area contributed by atoms with Crippen molar-refractivity contribution in [3.05, 3.63) is 23.9 Å². The summed E-state index contributed by atoms with van der Waals surface area (Å²) in [7, 11) is 0. The van der Waals surface area contributed by atoms with Crippen molar-refractivity contribution < 1.29 is 14.6 Å². The van der Waals surface area contributed by atoms with E-state index >= 15 is 0 Å². The van der Waals surface area contributed by atoms with Crippen LogP contribution in [0.25, 0.3) is 0 Å². The van der Waals surface area contributed by atoms with Crippen LogP contribution in [-0.4, -0.2) is 46.7 Å². The van der Waals surface area contributed by atoms with Crippen molar-refractivity contribution >= 4 is 5.91 Å². The number of piperidine rings is 1. The zero-order valence-corrected chi connectivity index (χ0v) is 14.4. The van der Waals surface area contributed by atoms with Crippen LogP contribution in [0.15, 0.2) is 18.3 Å². The summed E-state index contributed by atoms with van der Waals surface area (Å²) in [6.07, 6.45) is 5.26. The number of rotatable bonds is 6. The van der Waals surface area contributed by atoms with Crippen LogP contribution in [0.5, 0.6) is 5.88 Å². The molecule has 1 unspecified atom stereocenters. The van der Waals surface area contributed by atoms with Gasteiger partial charge in [0.05, 0.1) is 6.10 Å². The summed E-state index contributed by atoms with van der Waals surface area (Å²) < 4.78 is 5.69. The predicted octanol–water partition coefficient (Wildman–Crippen LogP) is 2.88. The summed E-state index contributed by atoms with van der Waals surface area (Å²) >= 11 is 0. The van der Waals surface area contributed by atoms with Gasteiger partial charge in [0, 0.05) is 37.5 Å². The second-order valence-corrected chi connectivity index (χ2v) is 6.52. The van der Waals surface area contributed by atoms with E-state index in [0.717, 1.165) is 25.7 Å². The number of ether oxygens (including phenoxy) is 1. The minimum Gasteiger partial charge on any atom is -0.475 e. The van der Waals surface area contributed by atoms with E-state index < -0.39 is 0 Å². The summed E-state index contributed by atoms with van der Waals surface area (Å²) in [5.74, 6) is 0.518. The number of pyridine rings is 1. The maximum Gasteiger partial charge on any atom is 0.254 e. The lowest BCUT2D eigenvalue weighted by Gasteiger charge is -2.40. The number of hydrogen-bond acceptors (Lipinski definition) is 4. The van der Waals surface area contributed by atoms with Gasteiger partial charge < -0.3 is 14.7 Å². The van der Waals surface area contributed by atoms with Gasteiger partial charge in [-0.2, -0.15) is 0 Å². The zero-order chi connectivity index (χ0) is 16.9. The molecule has 0 aromatic carbocycles. The molecule has 1 aliphatic rings. The molecule has 5 heteroatoms. The average Bonchev–Trinajstić information content (AvgIpc) is 2.61. The van der Waals surface area contributed by atoms with Gasteiger partial charge in [-0.05, 0) is 44.1 Å². The molecule has 1 aromatic heterocycles. The highest BCUT2D eigenvalue weighted by atomic mass is 16.5. The quantitative estimate of drug-likeness (QED) is 0.875. The average molecular weight is 320 g/mol. The highest BCUT2D eigenvalue weighted by Gasteiger charge is 2.34. The predicted molar refractivity (Wildman–Crippen MR) is 89.6 cm³/mol. The molecule has 2 heterocycles. The summed E-state index contributed by atoms with van der Waals surface area (Å²) in [6, 6.07) is 3.46. The monoisotopic (exact) mass is 320 g/mol. The van der Waals surface area contributed by atoms with Crippen molar-refractivity contribution in [1.29, 1.82) is 0 Å². The molecule has 0 radical (unpaired) electrons. The first-order chi connectivity index (χ1) is 11.0. The number of aliphatic hydroxyl groups is 1. The van der Waals surface area contributed by atoms with Crippen molar-refractivity contribution in [1.82, 2.24) is 9.88 Å². The van der Waals surface area contributed by atoms with Crippen LogP contribution in [-0.2, 0) is 0 Å². The molecule has 1 fully saturated rings. The molecule has 1 amide bonds. The molecular formula is C18H28N2O3. The highest BCUT2D eigenvalue weighted by molar-refractivity contribution is 5.94. The lowest BCUT2D eigenvalue weighted by atomic mass is 9.77. The molecule has 0 aliphatic carbocycles. The van der Waals surface area contributed by atoms with E-state index in [4.69, 9.17) is 4.74 Å². The van der Waals surface area contributed by atoms with Crippen molar-refractivity contribution in [3.63, 3.8) is 0 Å². The molecule has 128 valence electrons. The third-order valence-electron chi connectivity index (χ3n) is 5.08. The highest BCUT2D eigenvalue weighted by Crippen LogP contribution is 2.34. The van der Waals surface area contributed by atoms with Crippen LogP contribution < -0.4 is 4.74 Å². The molecule has 1 aliphatic heterocycles. The Morgan fingerprint density at radius 3 is 2.70 bits per heavy atom. The second kappa shape index (κ2) is 7.77. The fourth-order valence-electron chi connectivity index (χ4n) is 2.89. The number of hydrogen-bond donors (Lipinski definition) is 1.